The number of benzene rings is 2. The zero-order valence-corrected chi connectivity index (χ0v) is 11.1. The van der Waals surface area contributed by atoms with Gasteiger partial charge in [-0.2, -0.15) is 0 Å². The summed E-state index contributed by atoms with van der Waals surface area (Å²) in [4.78, 5) is 0. The molecule has 0 aliphatic carbocycles. The first-order valence-electron chi connectivity index (χ1n) is 6.42. The van der Waals surface area contributed by atoms with Gasteiger partial charge in [0, 0.05) is 34.9 Å². The van der Waals surface area contributed by atoms with E-state index >= 15 is 0 Å². The van der Waals surface area contributed by atoms with Crippen LogP contribution in [0.4, 0.5) is 0 Å². The maximum Gasteiger partial charge on any atom is 0.0535 e. The van der Waals surface area contributed by atoms with Crippen molar-refractivity contribution < 1.29 is 0 Å². The summed E-state index contributed by atoms with van der Waals surface area (Å²) in [6.07, 6.45) is 0. The normalized spacial score (nSPS) is 13.9. The highest BCUT2D eigenvalue weighted by atomic mass is 35.5. The van der Waals surface area contributed by atoms with Crippen molar-refractivity contribution in [3.63, 3.8) is 0 Å². The minimum atomic E-state index is 0.773. The zero-order chi connectivity index (χ0) is 12.8. The molecule has 1 aliphatic rings. The number of nitrogens with zero attached hydrogens (tertiary/aromatic N) is 1. The SMILES string of the molecule is Clc1ccc(-n2c3c(c4ccccc42)CNC3)cc1. The molecule has 0 saturated heterocycles. The van der Waals surface area contributed by atoms with Crippen molar-refractivity contribution in [1.82, 2.24) is 9.88 Å². The van der Waals surface area contributed by atoms with Gasteiger partial charge in [0.05, 0.1) is 5.52 Å². The second-order valence-electron chi connectivity index (χ2n) is 4.86. The van der Waals surface area contributed by atoms with Gasteiger partial charge in [-0.1, -0.05) is 29.8 Å². The van der Waals surface area contributed by atoms with Crippen molar-refractivity contribution in [2.45, 2.75) is 13.1 Å². The molecule has 1 aliphatic heterocycles. The van der Waals surface area contributed by atoms with E-state index in [0.717, 1.165) is 18.1 Å². The topological polar surface area (TPSA) is 17.0 Å². The van der Waals surface area contributed by atoms with E-state index in [1.807, 2.05) is 12.1 Å². The van der Waals surface area contributed by atoms with Crippen LogP contribution in [-0.2, 0) is 13.1 Å². The Labute approximate surface area is 116 Å². The lowest BCUT2D eigenvalue weighted by Gasteiger charge is -2.09. The second-order valence-corrected chi connectivity index (χ2v) is 5.29. The van der Waals surface area contributed by atoms with E-state index < -0.39 is 0 Å². The van der Waals surface area contributed by atoms with E-state index in [1.165, 1.54) is 27.8 Å². The monoisotopic (exact) mass is 268 g/mol. The highest BCUT2D eigenvalue weighted by Crippen LogP contribution is 2.32. The van der Waals surface area contributed by atoms with E-state index in [2.05, 4.69) is 46.3 Å². The van der Waals surface area contributed by atoms with E-state index in [0.29, 0.717) is 0 Å². The molecule has 1 N–H and O–H groups in total. The number of aromatic nitrogens is 1. The molecule has 0 unspecified atom stereocenters. The lowest BCUT2D eigenvalue weighted by atomic mass is 10.1. The number of para-hydroxylation sites is 1. The van der Waals surface area contributed by atoms with Crippen molar-refractivity contribution in [3.05, 3.63) is 64.8 Å². The molecule has 3 aromatic rings. The molecule has 1 aromatic heterocycles. The molecule has 0 fully saturated rings. The third kappa shape index (κ3) is 1.61. The molecule has 0 amide bonds. The van der Waals surface area contributed by atoms with E-state index in [1.54, 1.807) is 0 Å². The second kappa shape index (κ2) is 4.12. The Hall–Kier alpha value is -1.77. The molecule has 0 spiro atoms. The Morgan fingerprint density at radius 2 is 1.74 bits per heavy atom. The number of hydrogen-bond acceptors (Lipinski definition) is 1. The van der Waals surface area contributed by atoms with Gasteiger partial charge in [0.2, 0.25) is 0 Å². The van der Waals surface area contributed by atoms with Crippen LogP contribution in [0.15, 0.2) is 48.5 Å². The molecule has 0 atom stereocenters. The van der Waals surface area contributed by atoms with Crippen LogP contribution < -0.4 is 5.32 Å². The highest BCUT2D eigenvalue weighted by Gasteiger charge is 2.21. The lowest BCUT2D eigenvalue weighted by molar-refractivity contribution is 0.747. The molecule has 19 heavy (non-hydrogen) atoms. The van der Waals surface area contributed by atoms with E-state index in [9.17, 15) is 0 Å². The predicted molar refractivity (Wildman–Crippen MR) is 78.8 cm³/mol. The minimum absolute atomic E-state index is 0.773. The summed E-state index contributed by atoms with van der Waals surface area (Å²) in [6, 6.07) is 16.6. The molecule has 94 valence electrons. The zero-order valence-electron chi connectivity index (χ0n) is 10.4. The van der Waals surface area contributed by atoms with Crippen LogP contribution in [0.1, 0.15) is 11.3 Å². The van der Waals surface area contributed by atoms with Gasteiger partial charge in [-0.3, -0.25) is 0 Å². The van der Waals surface area contributed by atoms with Gasteiger partial charge in [0.15, 0.2) is 0 Å². The number of rotatable bonds is 1. The first kappa shape index (κ1) is 11.1. The van der Waals surface area contributed by atoms with Gasteiger partial charge in [-0.25, -0.2) is 0 Å². The predicted octanol–water partition coefficient (Wildman–Crippen LogP) is 3.89. The summed E-state index contributed by atoms with van der Waals surface area (Å²) >= 11 is 5.99. The minimum Gasteiger partial charge on any atom is -0.312 e. The number of nitrogens with one attached hydrogen (secondary N) is 1. The molecule has 4 rings (SSSR count). The molecule has 0 bridgehead atoms. The summed E-state index contributed by atoms with van der Waals surface area (Å²) in [5, 5.41) is 5.55. The van der Waals surface area contributed by atoms with Crippen molar-refractivity contribution in [1.29, 1.82) is 0 Å². The van der Waals surface area contributed by atoms with Gasteiger partial charge < -0.3 is 9.88 Å². The summed E-state index contributed by atoms with van der Waals surface area (Å²) in [7, 11) is 0. The first-order chi connectivity index (χ1) is 9.34. The smallest absolute Gasteiger partial charge is 0.0535 e. The third-order valence-corrected chi connectivity index (χ3v) is 4.02. The average Bonchev–Trinajstić information content (AvgIpc) is 3.00. The summed E-state index contributed by atoms with van der Waals surface area (Å²) in [6.45, 7) is 1.88. The number of hydrogen-bond donors (Lipinski definition) is 1. The highest BCUT2D eigenvalue weighted by molar-refractivity contribution is 6.30. The standard InChI is InChI=1S/C16H13ClN2/c17-11-5-7-12(8-6-11)19-15-4-2-1-3-13(15)14-9-18-10-16(14)19/h1-8,18H,9-10H2. The van der Waals surface area contributed by atoms with Crippen LogP contribution in [0.2, 0.25) is 5.02 Å². The summed E-state index contributed by atoms with van der Waals surface area (Å²) < 4.78 is 2.33. The maximum atomic E-state index is 5.99. The fraction of sp³-hybridized carbons (Fsp3) is 0.125. The van der Waals surface area contributed by atoms with Crippen LogP contribution in [-0.4, -0.2) is 4.57 Å². The van der Waals surface area contributed by atoms with E-state index in [-0.39, 0.29) is 0 Å². The molecule has 2 nitrogen and oxygen atoms in total. The fourth-order valence-corrected chi connectivity index (χ4v) is 3.06. The Morgan fingerprint density at radius 1 is 0.947 bits per heavy atom. The van der Waals surface area contributed by atoms with Crippen molar-refractivity contribution in [2.75, 3.05) is 0 Å². The summed E-state index contributed by atoms with van der Waals surface area (Å²) in [5.74, 6) is 0. The molecule has 0 saturated carbocycles. The molecular weight excluding hydrogens is 256 g/mol. The lowest BCUT2D eigenvalue weighted by Crippen LogP contribution is -2.06. The van der Waals surface area contributed by atoms with Gasteiger partial charge in [0.25, 0.3) is 0 Å². The number of fused-ring (bicyclic) bond motifs is 3. The average molecular weight is 269 g/mol. The number of halogens is 1. The Morgan fingerprint density at radius 3 is 2.58 bits per heavy atom. The van der Waals surface area contributed by atoms with Gasteiger partial charge in [-0.15, -0.1) is 0 Å². The molecule has 2 heterocycles. The fourth-order valence-electron chi connectivity index (χ4n) is 2.93. The van der Waals surface area contributed by atoms with Crippen molar-refractivity contribution in [2.24, 2.45) is 0 Å². The Balaban J connectivity index is 2.06. The van der Waals surface area contributed by atoms with E-state index in [4.69, 9.17) is 11.6 Å². The van der Waals surface area contributed by atoms with Gasteiger partial charge >= 0.3 is 0 Å². The van der Waals surface area contributed by atoms with Crippen LogP contribution in [0, 0.1) is 0 Å². The summed E-state index contributed by atoms with van der Waals surface area (Å²) in [5.41, 5.74) is 5.23. The Bertz CT molecular complexity index is 756. The molecule has 2 aromatic carbocycles. The van der Waals surface area contributed by atoms with Crippen molar-refractivity contribution >= 4 is 22.5 Å². The molecule has 0 radical (unpaired) electrons. The van der Waals surface area contributed by atoms with Gasteiger partial charge in [0.1, 0.15) is 0 Å². The third-order valence-electron chi connectivity index (χ3n) is 3.77. The Kier molecular flexibility index (Phi) is 2.40. The van der Waals surface area contributed by atoms with Gasteiger partial charge in [-0.05, 0) is 35.9 Å². The quantitative estimate of drug-likeness (QED) is 0.709. The maximum absolute atomic E-state index is 5.99. The molecule has 3 heteroatoms. The van der Waals surface area contributed by atoms with Crippen molar-refractivity contribution in [3.8, 4) is 5.69 Å². The van der Waals surface area contributed by atoms with Crippen LogP contribution in [0.25, 0.3) is 16.6 Å². The van der Waals surface area contributed by atoms with Crippen LogP contribution in [0.5, 0.6) is 0 Å². The molecular formula is C16H13ClN2. The largest absolute Gasteiger partial charge is 0.312 e. The first-order valence-corrected chi connectivity index (χ1v) is 6.80. The van der Waals surface area contributed by atoms with Crippen LogP contribution in [0.3, 0.4) is 0 Å². The van der Waals surface area contributed by atoms with Crippen LogP contribution >= 0.6 is 11.6 Å².